The molecule has 20 heavy (non-hydrogen) atoms. The molecule has 1 saturated carbocycles. The third-order valence-electron chi connectivity index (χ3n) is 4.38. The molecule has 1 amide bonds. The maximum Gasteiger partial charge on any atom is 0.273 e. The molecule has 1 aliphatic heterocycles. The molecule has 110 valence electrons. The Morgan fingerprint density at radius 3 is 2.70 bits per heavy atom. The van der Waals surface area contributed by atoms with Gasteiger partial charge in [-0.1, -0.05) is 19.3 Å². The summed E-state index contributed by atoms with van der Waals surface area (Å²) in [4.78, 5) is 16.6. The van der Waals surface area contributed by atoms with Crippen molar-refractivity contribution in [1.29, 1.82) is 0 Å². The third kappa shape index (κ3) is 3.20. The Morgan fingerprint density at radius 2 is 1.95 bits per heavy atom. The number of nitrogens with zero attached hydrogens (tertiary/aromatic N) is 1. The molecule has 2 fully saturated rings. The average Bonchev–Trinajstić information content (AvgIpc) is 2.99. The lowest BCUT2D eigenvalue weighted by molar-refractivity contribution is 0.0922. The highest BCUT2D eigenvalue weighted by Gasteiger charge is 2.23. The van der Waals surface area contributed by atoms with Gasteiger partial charge in [0, 0.05) is 12.0 Å². The van der Waals surface area contributed by atoms with E-state index < -0.39 is 0 Å². The SMILES string of the molecule is O=C(NC1CCCCC1)c1coc(C2CCNCC2)n1. The highest BCUT2D eigenvalue weighted by atomic mass is 16.3. The predicted octanol–water partition coefficient (Wildman–Crippen LogP) is 2.20. The van der Waals surface area contributed by atoms with Crippen LogP contribution in [0.15, 0.2) is 10.7 Å². The number of aromatic nitrogens is 1. The smallest absolute Gasteiger partial charge is 0.273 e. The molecular weight excluding hydrogens is 254 g/mol. The van der Waals surface area contributed by atoms with Crippen LogP contribution in [0, 0.1) is 0 Å². The van der Waals surface area contributed by atoms with Gasteiger partial charge in [-0.15, -0.1) is 0 Å². The molecule has 1 aromatic rings. The van der Waals surface area contributed by atoms with Crippen LogP contribution in [0.25, 0.3) is 0 Å². The van der Waals surface area contributed by atoms with E-state index in [0.717, 1.165) is 44.7 Å². The summed E-state index contributed by atoms with van der Waals surface area (Å²) in [7, 11) is 0. The number of hydrogen-bond donors (Lipinski definition) is 2. The lowest BCUT2D eigenvalue weighted by Gasteiger charge is -2.22. The van der Waals surface area contributed by atoms with Crippen LogP contribution in [0.1, 0.15) is 67.2 Å². The molecule has 5 heteroatoms. The summed E-state index contributed by atoms with van der Waals surface area (Å²) in [6.45, 7) is 1.99. The van der Waals surface area contributed by atoms with E-state index in [0.29, 0.717) is 17.7 Å². The molecule has 2 heterocycles. The van der Waals surface area contributed by atoms with Crippen molar-refractivity contribution in [3.8, 4) is 0 Å². The first-order chi connectivity index (χ1) is 9.83. The fourth-order valence-corrected chi connectivity index (χ4v) is 3.15. The van der Waals surface area contributed by atoms with Gasteiger partial charge >= 0.3 is 0 Å². The van der Waals surface area contributed by atoms with Gasteiger partial charge in [-0.05, 0) is 38.8 Å². The minimum absolute atomic E-state index is 0.0826. The Hall–Kier alpha value is -1.36. The fraction of sp³-hybridized carbons (Fsp3) is 0.733. The zero-order valence-corrected chi connectivity index (χ0v) is 11.9. The number of carbonyl (C=O) groups excluding carboxylic acids is 1. The van der Waals surface area contributed by atoms with Crippen LogP contribution in [-0.4, -0.2) is 30.0 Å². The molecule has 1 saturated heterocycles. The van der Waals surface area contributed by atoms with E-state index in [1.54, 1.807) is 0 Å². The highest BCUT2D eigenvalue weighted by Crippen LogP contribution is 2.24. The zero-order valence-electron chi connectivity index (χ0n) is 11.9. The van der Waals surface area contributed by atoms with E-state index >= 15 is 0 Å². The van der Waals surface area contributed by atoms with Gasteiger partial charge in [0.15, 0.2) is 11.6 Å². The molecular formula is C15H23N3O2. The van der Waals surface area contributed by atoms with E-state index in [1.807, 2.05) is 0 Å². The van der Waals surface area contributed by atoms with Crippen molar-refractivity contribution < 1.29 is 9.21 Å². The summed E-state index contributed by atoms with van der Waals surface area (Å²) in [5.74, 6) is 0.994. The van der Waals surface area contributed by atoms with Gasteiger partial charge in [0.05, 0.1) is 0 Å². The minimum atomic E-state index is -0.0826. The van der Waals surface area contributed by atoms with Gasteiger partial charge in [0.2, 0.25) is 0 Å². The van der Waals surface area contributed by atoms with Crippen molar-refractivity contribution in [2.75, 3.05) is 13.1 Å². The largest absolute Gasteiger partial charge is 0.448 e. The number of carbonyl (C=O) groups is 1. The summed E-state index contributed by atoms with van der Waals surface area (Å²) in [6, 6.07) is 0.315. The van der Waals surface area contributed by atoms with Crippen molar-refractivity contribution in [2.24, 2.45) is 0 Å². The Balaban J connectivity index is 1.58. The molecule has 2 aliphatic rings. The molecule has 0 aromatic carbocycles. The zero-order chi connectivity index (χ0) is 13.8. The van der Waals surface area contributed by atoms with Crippen molar-refractivity contribution in [2.45, 2.75) is 56.9 Å². The molecule has 0 unspecified atom stereocenters. The molecule has 3 rings (SSSR count). The fourth-order valence-electron chi connectivity index (χ4n) is 3.15. The second-order valence-electron chi connectivity index (χ2n) is 5.90. The van der Waals surface area contributed by atoms with Gasteiger partial charge in [-0.3, -0.25) is 4.79 Å². The topological polar surface area (TPSA) is 67.2 Å². The number of amides is 1. The first-order valence-electron chi connectivity index (χ1n) is 7.80. The summed E-state index contributed by atoms with van der Waals surface area (Å²) in [5.41, 5.74) is 0.434. The minimum Gasteiger partial charge on any atom is -0.448 e. The van der Waals surface area contributed by atoms with Crippen molar-refractivity contribution in [3.05, 3.63) is 17.8 Å². The third-order valence-corrected chi connectivity index (χ3v) is 4.38. The second-order valence-corrected chi connectivity index (χ2v) is 5.90. The summed E-state index contributed by atoms with van der Waals surface area (Å²) in [5, 5.41) is 6.40. The highest BCUT2D eigenvalue weighted by molar-refractivity contribution is 5.92. The molecule has 0 spiro atoms. The van der Waals surface area contributed by atoms with Gasteiger partial charge in [0.1, 0.15) is 6.26 Å². The van der Waals surface area contributed by atoms with Gasteiger partial charge in [-0.25, -0.2) is 4.98 Å². The van der Waals surface area contributed by atoms with Crippen LogP contribution in [0.2, 0.25) is 0 Å². The summed E-state index contributed by atoms with van der Waals surface area (Å²) >= 11 is 0. The first-order valence-corrected chi connectivity index (χ1v) is 7.80. The molecule has 0 radical (unpaired) electrons. The number of piperidine rings is 1. The van der Waals surface area contributed by atoms with Crippen LogP contribution < -0.4 is 10.6 Å². The number of hydrogen-bond acceptors (Lipinski definition) is 4. The number of rotatable bonds is 3. The van der Waals surface area contributed by atoms with E-state index in [4.69, 9.17) is 4.42 Å². The normalized spacial score (nSPS) is 21.8. The number of nitrogens with one attached hydrogen (secondary N) is 2. The Bertz CT molecular complexity index is 446. The lowest BCUT2D eigenvalue weighted by atomic mass is 9.95. The summed E-state index contributed by atoms with van der Waals surface area (Å²) < 4.78 is 5.51. The Labute approximate surface area is 119 Å². The molecule has 1 aromatic heterocycles. The van der Waals surface area contributed by atoms with Crippen molar-refractivity contribution in [3.63, 3.8) is 0 Å². The van der Waals surface area contributed by atoms with Crippen molar-refractivity contribution in [1.82, 2.24) is 15.6 Å². The predicted molar refractivity (Wildman–Crippen MR) is 75.7 cm³/mol. The van der Waals surface area contributed by atoms with E-state index in [-0.39, 0.29) is 5.91 Å². The van der Waals surface area contributed by atoms with E-state index in [1.165, 1.54) is 25.5 Å². The van der Waals surface area contributed by atoms with Gasteiger partial charge in [-0.2, -0.15) is 0 Å². The lowest BCUT2D eigenvalue weighted by Crippen LogP contribution is -2.36. The van der Waals surface area contributed by atoms with Crippen LogP contribution in [0.3, 0.4) is 0 Å². The molecule has 0 bridgehead atoms. The van der Waals surface area contributed by atoms with Crippen molar-refractivity contribution >= 4 is 5.91 Å². The van der Waals surface area contributed by atoms with E-state index in [2.05, 4.69) is 15.6 Å². The van der Waals surface area contributed by atoms with Crippen LogP contribution >= 0.6 is 0 Å². The quantitative estimate of drug-likeness (QED) is 0.889. The Morgan fingerprint density at radius 1 is 1.20 bits per heavy atom. The monoisotopic (exact) mass is 277 g/mol. The summed E-state index contributed by atoms with van der Waals surface area (Å²) in [6.07, 6.45) is 9.46. The second kappa shape index (κ2) is 6.39. The standard InChI is InChI=1S/C15H23N3O2/c19-14(17-12-4-2-1-3-5-12)13-10-20-15(18-13)11-6-8-16-9-7-11/h10-12,16H,1-9H2,(H,17,19). The van der Waals surface area contributed by atoms with Crippen LogP contribution in [0.4, 0.5) is 0 Å². The van der Waals surface area contributed by atoms with Crippen LogP contribution in [-0.2, 0) is 0 Å². The molecule has 5 nitrogen and oxygen atoms in total. The molecule has 1 aliphatic carbocycles. The van der Waals surface area contributed by atoms with E-state index in [9.17, 15) is 4.79 Å². The first kappa shape index (κ1) is 13.6. The molecule has 2 N–H and O–H groups in total. The van der Waals surface area contributed by atoms with Crippen LogP contribution in [0.5, 0.6) is 0 Å². The maximum atomic E-state index is 12.2. The number of oxazole rings is 1. The maximum absolute atomic E-state index is 12.2. The average molecular weight is 277 g/mol. The van der Waals surface area contributed by atoms with Gasteiger partial charge < -0.3 is 15.1 Å². The Kier molecular flexibility index (Phi) is 4.35. The van der Waals surface area contributed by atoms with Gasteiger partial charge in [0.25, 0.3) is 5.91 Å². The molecule has 0 atom stereocenters.